The van der Waals surface area contributed by atoms with Crippen LogP contribution in [0.25, 0.3) is 0 Å². The summed E-state index contributed by atoms with van der Waals surface area (Å²) < 4.78 is 4.22. The molecular weight excluding hydrogens is 305 g/mol. The Morgan fingerprint density at radius 2 is 2.00 bits per heavy atom. The number of rotatable bonds is 3. The quantitative estimate of drug-likeness (QED) is 0.234. The fourth-order valence-corrected chi connectivity index (χ4v) is 4.21. The second kappa shape index (κ2) is 6.32. The van der Waals surface area contributed by atoms with Crippen molar-refractivity contribution in [3.05, 3.63) is 11.1 Å². The van der Waals surface area contributed by atoms with Crippen LogP contribution in [-0.2, 0) is 19.1 Å². The van der Waals surface area contributed by atoms with Crippen LogP contribution in [0.15, 0.2) is 11.1 Å². The maximum Gasteiger partial charge on any atom is 1.00 e. The number of aliphatic carboxylic acids is 1. The molecule has 0 unspecified atom stereocenters. The maximum atomic E-state index is 12.2. The molecule has 8 heteroatoms. The molecule has 0 radical (unpaired) electrons. The van der Waals surface area contributed by atoms with E-state index in [1.165, 1.54) is 23.6 Å². The van der Waals surface area contributed by atoms with Gasteiger partial charge in [0.25, 0.3) is 5.91 Å². The molecule has 0 N–H and O–H groups in total. The standard InChI is InChI=1S/C13H17NO5S.Na/c1-5-19-12(18)6(2)7-9(15)14-8(11(16)17)13(3,4)20-10(7)14;/h8,10H,5H2,1-4H3,(H,16,17);/q;+1/p-1/b7-6-;/t8-,10+;/m0./s1. The number of carboxylic acid groups (broad SMARTS) is 1. The van der Waals surface area contributed by atoms with Gasteiger partial charge >= 0.3 is 35.5 Å². The number of fused-ring (bicyclic) bond motifs is 1. The number of β-lactam (4-membered cyclic amide) rings is 1. The Bertz CT molecular complexity index is 531. The molecule has 0 aromatic heterocycles. The van der Waals surface area contributed by atoms with Crippen LogP contribution in [0.1, 0.15) is 27.7 Å². The summed E-state index contributed by atoms with van der Waals surface area (Å²) >= 11 is 1.35. The molecule has 2 aliphatic heterocycles. The van der Waals surface area contributed by atoms with E-state index in [9.17, 15) is 19.5 Å². The van der Waals surface area contributed by atoms with Crippen molar-refractivity contribution in [2.24, 2.45) is 0 Å². The van der Waals surface area contributed by atoms with Crippen molar-refractivity contribution in [3.8, 4) is 0 Å². The Morgan fingerprint density at radius 1 is 1.43 bits per heavy atom. The van der Waals surface area contributed by atoms with Crippen LogP contribution in [0.5, 0.6) is 0 Å². The van der Waals surface area contributed by atoms with Crippen molar-refractivity contribution < 1.29 is 53.8 Å². The van der Waals surface area contributed by atoms with Gasteiger partial charge in [0.1, 0.15) is 5.37 Å². The number of hydrogen-bond donors (Lipinski definition) is 0. The van der Waals surface area contributed by atoms with Crippen LogP contribution in [0, 0.1) is 0 Å². The molecular formula is C13H16NNaO5S. The van der Waals surface area contributed by atoms with Gasteiger partial charge in [-0.3, -0.25) is 4.79 Å². The summed E-state index contributed by atoms with van der Waals surface area (Å²) in [6, 6.07) is -0.983. The van der Waals surface area contributed by atoms with E-state index < -0.39 is 34.0 Å². The number of esters is 1. The molecule has 0 aromatic rings. The average molecular weight is 321 g/mol. The van der Waals surface area contributed by atoms with Crippen LogP contribution in [0.2, 0.25) is 0 Å². The molecule has 6 nitrogen and oxygen atoms in total. The Hall–Kier alpha value is -0.500. The molecule has 2 aliphatic rings. The smallest absolute Gasteiger partial charge is 0.548 e. The van der Waals surface area contributed by atoms with E-state index in [1.807, 2.05) is 0 Å². The van der Waals surface area contributed by atoms with Gasteiger partial charge in [-0.2, -0.15) is 0 Å². The van der Waals surface area contributed by atoms with E-state index in [0.29, 0.717) is 5.57 Å². The van der Waals surface area contributed by atoms with Gasteiger partial charge < -0.3 is 19.5 Å². The fourth-order valence-electron chi connectivity index (χ4n) is 2.57. The molecule has 2 rings (SSSR count). The van der Waals surface area contributed by atoms with Gasteiger partial charge in [0.15, 0.2) is 0 Å². The van der Waals surface area contributed by atoms with E-state index in [-0.39, 0.29) is 41.7 Å². The molecule has 2 saturated heterocycles. The molecule has 21 heavy (non-hydrogen) atoms. The van der Waals surface area contributed by atoms with Gasteiger partial charge in [0.2, 0.25) is 0 Å². The number of carboxylic acids is 1. The first-order valence-electron chi connectivity index (χ1n) is 6.31. The van der Waals surface area contributed by atoms with Crippen molar-refractivity contribution in [2.75, 3.05) is 6.61 Å². The maximum absolute atomic E-state index is 12.2. The number of carbonyl (C=O) groups is 3. The normalized spacial score (nSPS) is 28.2. The van der Waals surface area contributed by atoms with Crippen LogP contribution in [0.4, 0.5) is 0 Å². The van der Waals surface area contributed by atoms with Crippen LogP contribution in [-0.4, -0.2) is 45.5 Å². The first-order valence-corrected chi connectivity index (χ1v) is 7.19. The summed E-state index contributed by atoms with van der Waals surface area (Å²) in [5.41, 5.74) is 0.589. The Labute approximate surface area is 149 Å². The summed E-state index contributed by atoms with van der Waals surface area (Å²) in [4.78, 5) is 36.4. The fraction of sp³-hybridized carbons (Fsp3) is 0.615. The van der Waals surface area contributed by atoms with Crippen molar-refractivity contribution >= 4 is 29.6 Å². The van der Waals surface area contributed by atoms with E-state index in [2.05, 4.69) is 0 Å². The first-order chi connectivity index (χ1) is 9.22. The third kappa shape index (κ3) is 2.88. The van der Waals surface area contributed by atoms with Crippen LogP contribution < -0.4 is 34.7 Å². The Balaban J connectivity index is 0.00000220. The van der Waals surface area contributed by atoms with Crippen molar-refractivity contribution in [1.82, 2.24) is 4.90 Å². The predicted molar refractivity (Wildman–Crippen MR) is 70.4 cm³/mol. The monoisotopic (exact) mass is 321 g/mol. The molecule has 110 valence electrons. The van der Waals surface area contributed by atoms with Gasteiger partial charge in [0, 0.05) is 10.3 Å². The SMILES string of the molecule is CCOC(=O)/C(C)=C1/C(=O)N2[C@@H]1SC(C)(C)[C@@H]2C(=O)[O-].[Na+]. The molecule has 2 fully saturated rings. The van der Waals surface area contributed by atoms with E-state index in [1.54, 1.807) is 20.8 Å². The largest absolute Gasteiger partial charge is 1.00 e. The summed E-state index contributed by atoms with van der Waals surface area (Å²) in [7, 11) is 0. The van der Waals surface area contributed by atoms with E-state index in [0.717, 1.165) is 0 Å². The molecule has 2 atom stereocenters. The second-order valence-corrected chi connectivity index (χ2v) is 7.00. The Kier molecular flexibility index (Phi) is 5.58. The second-order valence-electron chi connectivity index (χ2n) is 5.27. The topological polar surface area (TPSA) is 86.7 Å². The summed E-state index contributed by atoms with van der Waals surface area (Å²) in [6.45, 7) is 6.95. The molecule has 0 saturated carbocycles. The van der Waals surface area contributed by atoms with Crippen LogP contribution in [0.3, 0.4) is 0 Å². The first kappa shape index (κ1) is 18.5. The molecule has 0 aromatic carbocycles. The summed E-state index contributed by atoms with van der Waals surface area (Å²) in [5, 5.41) is 10.8. The number of ether oxygens (including phenoxy) is 1. The summed E-state index contributed by atoms with van der Waals surface area (Å²) in [5.74, 6) is -2.23. The van der Waals surface area contributed by atoms with Crippen LogP contribution >= 0.6 is 11.8 Å². The van der Waals surface area contributed by atoms with Gasteiger partial charge in [-0.25, -0.2) is 4.79 Å². The number of amides is 1. The molecule has 0 spiro atoms. The Morgan fingerprint density at radius 3 is 2.48 bits per heavy atom. The molecule has 0 aliphatic carbocycles. The zero-order valence-corrected chi connectivity index (χ0v) is 15.6. The number of carbonyl (C=O) groups excluding carboxylic acids is 3. The third-order valence-electron chi connectivity index (χ3n) is 3.53. The van der Waals surface area contributed by atoms with Gasteiger partial charge in [-0.05, 0) is 27.7 Å². The van der Waals surface area contributed by atoms with Crippen molar-refractivity contribution in [2.45, 2.75) is 43.9 Å². The molecule has 2 heterocycles. The molecule has 0 bridgehead atoms. The van der Waals surface area contributed by atoms with E-state index >= 15 is 0 Å². The van der Waals surface area contributed by atoms with E-state index in [4.69, 9.17) is 4.74 Å². The summed E-state index contributed by atoms with van der Waals surface area (Å²) in [6.07, 6.45) is 0. The third-order valence-corrected chi connectivity index (χ3v) is 5.04. The average Bonchev–Trinajstić information content (AvgIpc) is 2.58. The van der Waals surface area contributed by atoms with Crippen molar-refractivity contribution in [1.29, 1.82) is 0 Å². The van der Waals surface area contributed by atoms with Gasteiger partial charge in [-0.1, -0.05) is 0 Å². The zero-order valence-electron chi connectivity index (χ0n) is 12.8. The van der Waals surface area contributed by atoms with Crippen molar-refractivity contribution in [3.63, 3.8) is 0 Å². The zero-order chi connectivity index (χ0) is 15.2. The minimum atomic E-state index is -1.27. The predicted octanol–water partition coefficient (Wildman–Crippen LogP) is -3.32. The minimum Gasteiger partial charge on any atom is -0.548 e. The van der Waals surface area contributed by atoms with Gasteiger partial charge in [-0.15, -0.1) is 11.8 Å². The number of thioether (sulfide) groups is 1. The van der Waals surface area contributed by atoms with Gasteiger partial charge in [0.05, 0.1) is 24.2 Å². The minimum absolute atomic E-state index is 0. The number of nitrogens with zero attached hydrogens (tertiary/aromatic N) is 1. The molecule has 1 amide bonds. The number of hydrogen-bond acceptors (Lipinski definition) is 6.